The van der Waals surface area contributed by atoms with Crippen LogP contribution in [0.25, 0.3) is 0 Å². The third kappa shape index (κ3) is 6.27. The Bertz CT molecular complexity index is 650. The van der Waals surface area contributed by atoms with E-state index < -0.39 is 0 Å². The molecule has 5 nitrogen and oxygen atoms in total. The van der Waals surface area contributed by atoms with Crippen molar-refractivity contribution in [2.24, 2.45) is 0 Å². The molecular formula is C24H39NO4. The predicted molar refractivity (Wildman–Crippen MR) is 115 cm³/mol. The number of hydrogen-bond donors (Lipinski definition) is 0. The van der Waals surface area contributed by atoms with Crippen LogP contribution in [0, 0.1) is 0 Å². The minimum atomic E-state index is -0.269. The molecule has 1 aromatic carbocycles. The van der Waals surface area contributed by atoms with Gasteiger partial charge >= 0.3 is 5.97 Å². The Balaban J connectivity index is 2.08. The van der Waals surface area contributed by atoms with E-state index in [0.717, 1.165) is 37.0 Å². The van der Waals surface area contributed by atoms with Crippen molar-refractivity contribution in [1.29, 1.82) is 0 Å². The Hall–Kier alpha value is -1.43. The molecule has 0 spiro atoms. The molecule has 2 unspecified atom stereocenters. The first-order valence-corrected chi connectivity index (χ1v) is 10.8. The fourth-order valence-electron chi connectivity index (χ4n) is 4.43. The molecule has 1 aromatic rings. The van der Waals surface area contributed by atoms with Crippen LogP contribution in [-0.2, 0) is 19.1 Å². The van der Waals surface area contributed by atoms with Gasteiger partial charge in [-0.1, -0.05) is 31.2 Å². The number of hydroxylamine groups is 2. The van der Waals surface area contributed by atoms with Crippen LogP contribution in [0.4, 0.5) is 0 Å². The van der Waals surface area contributed by atoms with Gasteiger partial charge in [-0.25, -0.2) is 0 Å². The van der Waals surface area contributed by atoms with E-state index in [0.29, 0.717) is 0 Å². The number of piperidine rings is 1. The minimum Gasteiger partial charge on any atom is -0.458 e. The fraction of sp³-hybridized carbons (Fsp3) is 0.708. The maximum atomic E-state index is 11.2. The van der Waals surface area contributed by atoms with E-state index in [1.807, 2.05) is 19.1 Å². The topological polar surface area (TPSA) is 48.0 Å². The van der Waals surface area contributed by atoms with Crippen molar-refractivity contribution in [3.8, 4) is 0 Å². The zero-order valence-electron chi connectivity index (χ0n) is 19.5. The number of ether oxygens (including phenoxy) is 2. The normalized spacial score (nSPS) is 21.5. The first-order chi connectivity index (χ1) is 13.5. The quantitative estimate of drug-likeness (QED) is 0.515. The summed E-state index contributed by atoms with van der Waals surface area (Å²) in [5.41, 5.74) is 1.82. The van der Waals surface area contributed by atoms with Crippen molar-refractivity contribution in [3.05, 3.63) is 35.4 Å². The van der Waals surface area contributed by atoms with Gasteiger partial charge in [0.05, 0.1) is 6.10 Å². The van der Waals surface area contributed by atoms with Gasteiger partial charge in [0.1, 0.15) is 12.2 Å². The average molecular weight is 406 g/mol. The van der Waals surface area contributed by atoms with Gasteiger partial charge in [-0.2, -0.15) is 5.06 Å². The maximum absolute atomic E-state index is 11.2. The van der Waals surface area contributed by atoms with E-state index in [1.165, 1.54) is 6.92 Å². The number of nitrogens with zero attached hydrogens (tertiary/aromatic N) is 1. The zero-order chi connectivity index (χ0) is 21.8. The summed E-state index contributed by atoms with van der Waals surface area (Å²) >= 11 is 0. The largest absolute Gasteiger partial charge is 0.458 e. The molecule has 2 atom stereocenters. The molecule has 1 aliphatic heterocycles. The lowest BCUT2D eigenvalue weighted by atomic mass is 9.80. The van der Waals surface area contributed by atoms with Crippen LogP contribution >= 0.6 is 0 Å². The Morgan fingerprint density at radius 3 is 1.97 bits per heavy atom. The van der Waals surface area contributed by atoms with Crippen LogP contribution < -0.4 is 0 Å². The second kappa shape index (κ2) is 9.59. The predicted octanol–water partition coefficient (Wildman–Crippen LogP) is 5.75. The number of carbonyl (C=O) groups excluding carboxylic acids is 1. The highest BCUT2D eigenvalue weighted by Gasteiger charge is 2.47. The van der Waals surface area contributed by atoms with E-state index in [1.54, 1.807) is 0 Å². The highest BCUT2D eigenvalue weighted by molar-refractivity contribution is 5.66. The van der Waals surface area contributed by atoms with Crippen LogP contribution in [0.5, 0.6) is 0 Å². The Morgan fingerprint density at radius 1 is 1.03 bits per heavy atom. The SMILES string of the molecule is CCCOC1CC(C)(C)N(OC(C)c2ccc(C(C)OC(C)=O)cc2)C(C)(C)C1. The number of benzene rings is 1. The molecule has 1 saturated heterocycles. The van der Waals surface area contributed by atoms with E-state index in [4.69, 9.17) is 14.3 Å². The Morgan fingerprint density at radius 2 is 1.52 bits per heavy atom. The number of rotatable bonds is 8. The summed E-state index contributed by atoms with van der Waals surface area (Å²) in [5, 5.41) is 2.17. The van der Waals surface area contributed by atoms with Gasteiger partial charge in [0.15, 0.2) is 0 Å². The molecule has 0 aliphatic carbocycles. The number of carbonyl (C=O) groups is 1. The lowest BCUT2D eigenvalue weighted by Gasteiger charge is -2.54. The van der Waals surface area contributed by atoms with Crippen molar-refractivity contribution in [2.75, 3.05) is 6.61 Å². The van der Waals surface area contributed by atoms with E-state index in [9.17, 15) is 4.79 Å². The summed E-state index contributed by atoms with van der Waals surface area (Å²) in [5.74, 6) is -0.269. The third-order valence-corrected chi connectivity index (χ3v) is 5.59. The summed E-state index contributed by atoms with van der Waals surface area (Å²) in [4.78, 5) is 17.7. The smallest absolute Gasteiger partial charge is 0.303 e. The second-order valence-corrected chi connectivity index (χ2v) is 9.49. The lowest BCUT2D eigenvalue weighted by Crippen LogP contribution is -2.62. The number of esters is 1. The lowest BCUT2D eigenvalue weighted by molar-refractivity contribution is -0.315. The molecule has 0 saturated carbocycles. The fourth-order valence-corrected chi connectivity index (χ4v) is 4.43. The van der Waals surface area contributed by atoms with E-state index in [-0.39, 0.29) is 35.4 Å². The van der Waals surface area contributed by atoms with Gasteiger partial charge in [0, 0.05) is 24.6 Å². The molecule has 29 heavy (non-hydrogen) atoms. The summed E-state index contributed by atoms with van der Waals surface area (Å²) in [6.45, 7) is 17.3. The molecule has 0 aromatic heterocycles. The van der Waals surface area contributed by atoms with Crippen LogP contribution in [0.2, 0.25) is 0 Å². The molecule has 2 rings (SSSR count). The highest BCUT2D eigenvalue weighted by Crippen LogP contribution is 2.41. The Labute approximate surface area is 176 Å². The summed E-state index contributed by atoms with van der Waals surface area (Å²) in [6.07, 6.45) is 2.86. The molecule has 1 heterocycles. The van der Waals surface area contributed by atoms with Crippen molar-refractivity contribution >= 4 is 5.97 Å². The molecule has 0 amide bonds. The molecule has 0 bridgehead atoms. The maximum Gasteiger partial charge on any atom is 0.303 e. The van der Waals surface area contributed by atoms with Gasteiger partial charge < -0.3 is 9.47 Å². The van der Waals surface area contributed by atoms with E-state index in [2.05, 4.69) is 58.7 Å². The van der Waals surface area contributed by atoms with E-state index >= 15 is 0 Å². The van der Waals surface area contributed by atoms with Crippen molar-refractivity contribution in [2.45, 2.75) is 104 Å². The summed E-state index contributed by atoms with van der Waals surface area (Å²) in [6, 6.07) is 8.11. The molecule has 0 radical (unpaired) electrons. The van der Waals surface area contributed by atoms with Gasteiger partial charge in [0.2, 0.25) is 0 Å². The molecule has 164 valence electrons. The average Bonchev–Trinajstić information content (AvgIpc) is 2.61. The zero-order valence-corrected chi connectivity index (χ0v) is 19.5. The molecule has 1 aliphatic rings. The van der Waals surface area contributed by atoms with Crippen molar-refractivity contribution < 1.29 is 19.1 Å². The van der Waals surface area contributed by atoms with Crippen LogP contribution in [0.15, 0.2) is 24.3 Å². The molecule has 5 heteroatoms. The molecular weight excluding hydrogens is 366 g/mol. The highest BCUT2D eigenvalue weighted by atomic mass is 16.7. The van der Waals surface area contributed by atoms with Gasteiger partial charge in [-0.15, -0.1) is 0 Å². The second-order valence-electron chi connectivity index (χ2n) is 9.49. The van der Waals surface area contributed by atoms with Gasteiger partial charge in [-0.3, -0.25) is 9.63 Å². The van der Waals surface area contributed by atoms with Crippen LogP contribution in [0.3, 0.4) is 0 Å². The summed E-state index contributed by atoms with van der Waals surface area (Å²) in [7, 11) is 0. The Kier molecular flexibility index (Phi) is 7.88. The monoisotopic (exact) mass is 405 g/mol. The van der Waals surface area contributed by atoms with Gasteiger partial charge in [-0.05, 0) is 71.9 Å². The molecule has 1 fully saturated rings. The first kappa shape index (κ1) is 23.8. The first-order valence-electron chi connectivity index (χ1n) is 10.8. The standard InChI is InChI=1S/C24H39NO4/c1-9-14-27-22-15-23(5,6)25(24(7,8)16-22)29-18(3)21-12-10-20(11-13-21)17(2)28-19(4)26/h10-13,17-18,22H,9,14-16H2,1-8H3. The third-order valence-electron chi connectivity index (χ3n) is 5.59. The summed E-state index contributed by atoms with van der Waals surface area (Å²) < 4.78 is 11.3. The van der Waals surface area contributed by atoms with Crippen LogP contribution in [-0.4, -0.2) is 34.8 Å². The van der Waals surface area contributed by atoms with Crippen LogP contribution in [0.1, 0.15) is 98.0 Å². The van der Waals surface area contributed by atoms with Crippen molar-refractivity contribution in [3.63, 3.8) is 0 Å². The minimum absolute atomic E-state index is 0.0836. The number of hydrogen-bond acceptors (Lipinski definition) is 5. The van der Waals surface area contributed by atoms with Crippen molar-refractivity contribution in [1.82, 2.24) is 5.06 Å². The molecule has 0 N–H and O–H groups in total. The van der Waals surface area contributed by atoms with Gasteiger partial charge in [0.25, 0.3) is 0 Å².